The highest BCUT2D eigenvalue weighted by Gasteiger charge is 2.30. The summed E-state index contributed by atoms with van der Waals surface area (Å²) in [7, 11) is 0. The average molecular weight is 584 g/mol. The van der Waals surface area contributed by atoms with Crippen molar-refractivity contribution in [3.63, 3.8) is 0 Å². The van der Waals surface area contributed by atoms with Crippen molar-refractivity contribution < 1.29 is 33.4 Å². The zero-order valence-corrected chi connectivity index (χ0v) is 23.0. The van der Waals surface area contributed by atoms with Gasteiger partial charge in [0.1, 0.15) is 11.9 Å². The molecule has 4 aromatic rings. The fourth-order valence-electron chi connectivity index (χ4n) is 4.14. The Hall–Kier alpha value is -5.64. The van der Waals surface area contributed by atoms with Crippen molar-refractivity contribution in [3.05, 3.63) is 132 Å². The van der Waals surface area contributed by atoms with Crippen LogP contribution in [0.1, 0.15) is 34.9 Å². The number of phenols is 1. The van der Waals surface area contributed by atoms with Crippen molar-refractivity contribution in [1.29, 1.82) is 0 Å². The fourth-order valence-corrected chi connectivity index (χ4v) is 4.14. The molecule has 220 valence electrons. The third-order valence-electron chi connectivity index (χ3n) is 6.26. The van der Waals surface area contributed by atoms with Crippen LogP contribution in [0.2, 0.25) is 0 Å². The number of carbonyl (C=O) groups is 3. The molecular formula is C33H30FN3O6. The second-order valence-corrected chi connectivity index (χ2v) is 9.38. The number of nitrogens with one attached hydrogen (secondary N) is 2. The third kappa shape index (κ3) is 8.92. The summed E-state index contributed by atoms with van der Waals surface area (Å²) in [5.74, 6) is -2.15. The summed E-state index contributed by atoms with van der Waals surface area (Å²) in [5.41, 5.74) is 7.20. The number of allylic oxidation sites excluding steroid dienone is 1. The van der Waals surface area contributed by atoms with E-state index in [-0.39, 0.29) is 17.5 Å². The van der Waals surface area contributed by atoms with Crippen LogP contribution in [-0.2, 0) is 9.53 Å². The molecular weight excluding hydrogens is 553 g/mol. The lowest BCUT2D eigenvalue weighted by Gasteiger charge is -2.28. The maximum absolute atomic E-state index is 14.4. The third-order valence-corrected chi connectivity index (χ3v) is 6.26. The molecule has 0 aliphatic heterocycles. The van der Waals surface area contributed by atoms with Crippen molar-refractivity contribution in [3.8, 4) is 11.5 Å². The van der Waals surface area contributed by atoms with Gasteiger partial charge >= 0.3 is 6.09 Å². The zero-order valence-electron chi connectivity index (χ0n) is 23.0. The summed E-state index contributed by atoms with van der Waals surface area (Å²) in [4.78, 5) is 37.9. The van der Waals surface area contributed by atoms with E-state index in [4.69, 9.17) is 15.2 Å². The first-order valence-electron chi connectivity index (χ1n) is 13.4. The number of halogens is 1. The van der Waals surface area contributed by atoms with E-state index in [0.29, 0.717) is 23.5 Å². The largest absolute Gasteiger partial charge is 0.505 e. The van der Waals surface area contributed by atoms with Gasteiger partial charge in [-0.15, -0.1) is 0 Å². The van der Waals surface area contributed by atoms with E-state index in [1.165, 1.54) is 24.3 Å². The summed E-state index contributed by atoms with van der Waals surface area (Å²) < 4.78 is 26.3. The number of benzene rings is 4. The smallest absolute Gasteiger partial charge is 0.414 e. The van der Waals surface area contributed by atoms with Crippen LogP contribution in [0.25, 0.3) is 0 Å². The minimum Gasteiger partial charge on any atom is -0.505 e. The van der Waals surface area contributed by atoms with Crippen LogP contribution in [0.4, 0.5) is 20.6 Å². The van der Waals surface area contributed by atoms with Crippen LogP contribution in [-0.4, -0.2) is 29.1 Å². The van der Waals surface area contributed by atoms with Gasteiger partial charge in [-0.1, -0.05) is 60.7 Å². The van der Waals surface area contributed by atoms with E-state index in [1.54, 1.807) is 78.9 Å². The lowest BCUT2D eigenvalue weighted by Crippen LogP contribution is -2.36. The van der Waals surface area contributed by atoms with E-state index in [1.807, 2.05) is 0 Å². The van der Waals surface area contributed by atoms with Crippen LogP contribution in [0.3, 0.4) is 0 Å². The molecule has 0 radical (unpaired) electrons. The van der Waals surface area contributed by atoms with Crippen LogP contribution in [0.15, 0.2) is 115 Å². The lowest BCUT2D eigenvalue weighted by molar-refractivity contribution is -0.111. The highest BCUT2D eigenvalue weighted by Crippen LogP contribution is 2.31. The summed E-state index contributed by atoms with van der Waals surface area (Å²) in [6.07, 6.45) is 0.256. The average Bonchev–Trinajstić information content (AvgIpc) is 3.01. The Morgan fingerprint density at radius 2 is 1.58 bits per heavy atom. The molecule has 0 heterocycles. The van der Waals surface area contributed by atoms with Crippen molar-refractivity contribution >= 4 is 29.3 Å². The Morgan fingerprint density at radius 1 is 0.907 bits per heavy atom. The first-order valence-corrected chi connectivity index (χ1v) is 13.4. The number of phenolic OH excluding ortho intramolecular Hbond substituents is 1. The number of amides is 3. The maximum Gasteiger partial charge on any atom is 0.414 e. The number of alkyl carbamates (subject to hydrolysis) is 1. The van der Waals surface area contributed by atoms with Gasteiger partial charge in [0.25, 0.3) is 5.91 Å². The van der Waals surface area contributed by atoms with Gasteiger partial charge in [0.2, 0.25) is 5.91 Å². The minimum absolute atomic E-state index is 0.180. The van der Waals surface area contributed by atoms with Crippen molar-refractivity contribution in [1.82, 2.24) is 5.32 Å². The number of hydrogen-bond acceptors (Lipinski definition) is 7. The Labute approximate surface area is 247 Å². The summed E-state index contributed by atoms with van der Waals surface area (Å²) in [6, 6.07) is 27.2. The topological polar surface area (TPSA) is 140 Å². The lowest BCUT2D eigenvalue weighted by atomic mass is 9.99. The molecule has 0 aliphatic carbocycles. The van der Waals surface area contributed by atoms with Gasteiger partial charge in [-0.3, -0.25) is 14.9 Å². The van der Waals surface area contributed by atoms with Gasteiger partial charge in [0.15, 0.2) is 17.7 Å². The SMILES string of the molecule is Nc1ccccc1NC(=O)/C=C/CC[C@H](Oc1ccccc1)[C@@H](OC(=O)NC(=O)c1ccccc1)c1ccc(O)c(F)c1. The molecule has 5 N–H and O–H groups in total. The second kappa shape index (κ2) is 14.8. The molecule has 3 amide bonds. The van der Waals surface area contributed by atoms with Gasteiger partial charge in [-0.2, -0.15) is 0 Å². The molecule has 0 saturated heterocycles. The number of nitrogens with two attached hydrogens (primary N) is 1. The van der Waals surface area contributed by atoms with Crippen LogP contribution >= 0.6 is 0 Å². The Morgan fingerprint density at radius 3 is 2.28 bits per heavy atom. The first-order chi connectivity index (χ1) is 20.8. The van der Waals surface area contributed by atoms with Crippen molar-refractivity contribution in [2.75, 3.05) is 11.1 Å². The minimum atomic E-state index is -1.22. The fraction of sp³-hybridized carbons (Fsp3) is 0.121. The van der Waals surface area contributed by atoms with E-state index < -0.39 is 41.7 Å². The van der Waals surface area contributed by atoms with Crippen LogP contribution in [0.5, 0.6) is 11.5 Å². The van der Waals surface area contributed by atoms with Gasteiger partial charge < -0.3 is 25.6 Å². The van der Waals surface area contributed by atoms with Crippen molar-refractivity contribution in [2.24, 2.45) is 0 Å². The molecule has 2 atom stereocenters. The van der Waals surface area contributed by atoms with Gasteiger partial charge in [0, 0.05) is 5.56 Å². The molecule has 0 bridgehead atoms. The highest BCUT2D eigenvalue weighted by molar-refractivity contribution is 6.03. The van der Waals surface area contributed by atoms with Gasteiger partial charge in [-0.05, 0) is 73.0 Å². The number of anilines is 2. The normalized spacial score (nSPS) is 12.2. The number of aromatic hydroxyl groups is 1. The summed E-state index contributed by atoms with van der Waals surface area (Å²) in [5, 5.41) is 14.6. The highest BCUT2D eigenvalue weighted by atomic mass is 19.1. The molecule has 0 unspecified atom stereocenters. The molecule has 4 rings (SSSR count). The molecule has 0 spiro atoms. The first kappa shape index (κ1) is 30.3. The van der Waals surface area contributed by atoms with Crippen LogP contribution < -0.4 is 21.1 Å². The number of imide groups is 1. The number of hydrogen-bond donors (Lipinski definition) is 4. The van der Waals surface area contributed by atoms with E-state index in [9.17, 15) is 23.9 Å². The summed E-state index contributed by atoms with van der Waals surface area (Å²) in [6.45, 7) is 0. The molecule has 0 fully saturated rings. The van der Waals surface area contributed by atoms with Gasteiger partial charge in [0.05, 0.1) is 11.4 Å². The number of para-hydroxylation sites is 3. The molecule has 4 aromatic carbocycles. The van der Waals surface area contributed by atoms with E-state index in [0.717, 1.165) is 12.1 Å². The Kier molecular flexibility index (Phi) is 10.5. The van der Waals surface area contributed by atoms with Gasteiger partial charge in [-0.25, -0.2) is 9.18 Å². The Balaban J connectivity index is 1.54. The molecule has 0 saturated carbocycles. The molecule has 9 nitrogen and oxygen atoms in total. The zero-order chi connectivity index (χ0) is 30.6. The van der Waals surface area contributed by atoms with Crippen molar-refractivity contribution in [2.45, 2.75) is 25.0 Å². The Bertz CT molecular complexity index is 1580. The maximum atomic E-state index is 14.4. The molecule has 10 heteroatoms. The number of rotatable bonds is 11. The van der Waals surface area contributed by atoms with E-state index in [2.05, 4.69) is 10.6 Å². The number of carbonyl (C=O) groups excluding carboxylic acids is 3. The predicted molar refractivity (Wildman–Crippen MR) is 160 cm³/mol. The standard InChI is InChI=1S/C33H30FN3O6/c34-25-21-23(19-20-28(25)38)31(43-33(41)37-32(40)22-11-3-1-4-12-22)29(42-24-13-5-2-6-14-24)17-9-10-18-30(39)36-27-16-8-7-15-26(27)35/h1-8,10-16,18-21,29,31,38H,9,17,35H2,(H,36,39)(H,37,40,41)/b18-10+/t29-,31-/m0/s1. The monoisotopic (exact) mass is 583 g/mol. The summed E-state index contributed by atoms with van der Waals surface area (Å²) >= 11 is 0. The molecule has 43 heavy (non-hydrogen) atoms. The predicted octanol–water partition coefficient (Wildman–Crippen LogP) is 6.14. The second-order valence-electron chi connectivity index (χ2n) is 9.38. The quantitative estimate of drug-likeness (QED) is 0.123. The van der Waals surface area contributed by atoms with E-state index >= 15 is 0 Å². The molecule has 0 aliphatic rings. The molecule has 0 aromatic heterocycles. The van der Waals surface area contributed by atoms with Crippen LogP contribution in [0, 0.1) is 5.82 Å². The number of nitrogen functional groups attached to an aromatic ring is 1. The number of ether oxygens (including phenoxy) is 2.